The fraction of sp³-hybridized carbons (Fsp3) is 0.333. The lowest BCUT2D eigenvalue weighted by Gasteiger charge is -2.01. The lowest BCUT2D eigenvalue weighted by molar-refractivity contribution is 0.418. The molecular weight excluding hydrogens is 180 g/mol. The summed E-state index contributed by atoms with van der Waals surface area (Å²) in [5.74, 6) is 1.21. The fourth-order valence-electron chi connectivity index (χ4n) is 1.53. The van der Waals surface area contributed by atoms with Crippen LogP contribution in [0.5, 0.6) is 0 Å². The van der Waals surface area contributed by atoms with Crippen molar-refractivity contribution in [2.45, 2.75) is 18.8 Å². The summed E-state index contributed by atoms with van der Waals surface area (Å²) in [6.45, 7) is 0. The topological polar surface area (TPSA) is 64.7 Å². The second-order valence-corrected chi connectivity index (χ2v) is 3.39. The van der Waals surface area contributed by atoms with Gasteiger partial charge >= 0.3 is 0 Å². The predicted octanol–water partition coefficient (Wildman–Crippen LogP) is 1.40. The molecule has 0 spiro atoms. The van der Waals surface area contributed by atoms with Crippen molar-refractivity contribution in [1.82, 2.24) is 20.3 Å². The van der Waals surface area contributed by atoms with Gasteiger partial charge in [0.25, 0.3) is 0 Å². The minimum Gasteiger partial charge on any atom is -0.342 e. The van der Waals surface area contributed by atoms with Crippen LogP contribution in [0.15, 0.2) is 23.3 Å². The first-order chi connectivity index (χ1) is 6.95. The minimum absolute atomic E-state index is 0.599. The predicted molar refractivity (Wildman–Crippen MR) is 47.3 cm³/mol. The van der Waals surface area contributed by atoms with Crippen LogP contribution in [0, 0.1) is 0 Å². The highest BCUT2D eigenvalue weighted by Gasteiger charge is 2.27. The lowest BCUT2D eigenvalue weighted by atomic mass is 10.1. The molecule has 5 heteroatoms. The normalized spacial score (nSPS) is 15.7. The summed E-state index contributed by atoms with van der Waals surface area (Å²) in [4.78, 5) is 4.01. The van der Waals surface area contributed by atoms with Gasteiger partial charge in [-0.05, 0) is 24.3 Å². The quantitative estimate of drug-likeness (QED) is 0.712. The number of nitrogens with zero attached hydrogens (tertiary/aromatic N) is 4. The number of hydrogen-bond acceptors (Lipinski definition) is 5. The third-order valence-corrected chi connectivity index (χ3v) is 2.38. The SMILES string of the molecule is c1nc(-c2cnncc2C2CC2)no1. The first-order valence-electron chi connectivity index (χ1n) is 4.52. The first-order valence-corrected chi connectivity index (χ1v) is 4.52. The van der Waals surface area contributed by atoms with Crippen LogP contribution in [0.2, 0.25) is 0 Å². The molecule has 1 saturated carbocycles. The molecule has 2 heterocycles. The number of aromatic nitrogens is 4. The highest BCUT2D eigenvalue weighted by atomic mass is 16.5. The fourth-order valence-corrected chi connectivity index (χ4v) is 1.53. The van der Waals surface area contributed by atoms with E-state index in [1.807, 2.05) is 0 Å². The van der Waals surface area contributed by atoms with Gasteiger partial charge in [-0.2, -0.15) is 15.2 Å². The molecule has 2 aromatic heterocycles. The van der Waals surface area contributed by atoms with Gasteiger partial charge in [0.05, 0.1) is 12.4 Å². The van der Waals surface area contributed by atoms with Gasteiger partial charge in [-0.15, -0.1) is 0 Å². The second kappa shape index (κ2) is 2.87. The van der Waals surface area contributed by atoms with Gasteiger partial charge in [0.15, 0.2) is 0 Å². The monoisotopic (exact) mass is 188 g/mol. The molecule has 1 aliphatic carbocycles. The Kier molecular flexibility index (Phi) is 1.56. The molecule has 0 aromatic carbocycles. The molecule has 0 N–H and O–H groups in total. The Hall–Kier alpha value is -1.78. The maximum Gasteiger partial charge on any atom is 0.214 e. The Morgan fingerprint density at radius 3 is 2.79 bits per heavy atom. The molecule has 0 radical (unpaired) electrons. The van der Waals surface area contributed by atoms with Crippen LogP contribution < -0.4 is 0 Å². The zero-order valence-electron chi connectivity index (χ0n) is 7.42. The lowest BCUT2D eigenvalue weighted by Crippen LogP contribution is -1.92. The van der Waals surface area contributed by atoms with Crippen LogP contribution in [0.25, 0.3) is 11.4 Å². The highest BCUT2D eigenvalue weighted by Crippen LogP contribution is 2.43. The van der Waals surface area contributed by atoms with E-state index in [1.165, 1.54) is 24.8 Å². The van der Waals surface area contributed by atoms with E-state index in [1.54, 1.807) is 12.4 Å². The molecule has 0 bridgehead atoms. The van der Waals surface area contributed by atoms with Crippen molar-refractivity contribution in [3.8, 4) is 11.4 Å². The van der Waals surface area contributed by atoms with Crippen molar-refractivity contribution in [3.05, 3.63) is 24.4 Å². The number of hydrogen-bond donors (Lipinski definition) is 0. The molecule has 5 nitrogen and oxygen atoms in total. The van der Waals surface area contributed by atoms with E-state index in [-0.39, 0.29) is 0 Å². The summed E-state index contributed by atoms with van der Waals surface area (Å²) < 4.78 is 4.71. The van der Waals surface area contributed by atoms with Crippen molar-refractivity contribution < 1.29 is 4.52 Å². The Bertz CT molecular complexity index is 436. The summed E-state index contributed by atoms with van der Waals surface area (Å²) in [5.41, 5.74) is 2.12. The zero-order valence-corrected chi connectivity index (χ0v) is 7.42. The first kappa shape index (κ1) is 7.61. The van der Waals surface area contributed by atoms with Crippen LogP contribution in [0.3, 0.4) is 0 Å². The summed E-state index contributed by atoms with van der Waals surface area (Å²) in [5, 5.41) is 11.5. The van der Waals surface area contributed by atoms with Gasteiger partial charge in [0.2, 0.25) is 12.2 Å². The Balaban J connectivity index is 2.12. The molecule has 0 aliphatic heterocycles. The Morgan fingerprint density at radius 1 is 1.21 bits per heavy atom. The van der Waals surface area contributed by atoms with Crippen LogP contribution in [-0.2, 0) is 0 Å². The van der Waals surface area contributed by atoms with Crippen LogP contribution >= 0.6 is 0 Å². The Morgan fingerprint density at radius 2 is 2.07 bits per heavy atom. The third-order valence-electron chi connectivity index (χ3n) is 2.38. The van der Waals surface area contributed by atoms with E-state index in [4.69, 9.17) is 4.52 Å². The molecule has 0 unspecified atom stereocenters. The summed E-state index contributed by atoms with van der Waals surface area (Å²) in [7, 11) is 0. The summed E-state index contributed by atoms with van der Waals surface area (Å²) in [6.07, 6.45) is 7.25. The molecule has 1 aliphatic rings. The zero-order chi connectivity index (χ0) is 9.38. The van der Waals surface area contributed by atoms with Crippen molar-refractivity contribution in [2.75, 3.05) is 0 Å². The molecule has 0 saturated heterocycles. The third kappa shape index (κ3) is 1.17. The van der Waals surface area contributed by atoms with E-state index in [0.717, 1.165) is 5.56 Å². The van der Waals surface area contributed by atoms with Crippen molar-refractivity contribution in [1.29, 1.82) is 0 Å². The molecule has 14 heavy (non-hydrogen) atoms. The maximum absolute atomic E-state index is 4.71. The summed E-state index contributed by atoms with van der Waals surface area (Å²) in [6, 6.07) is 0. The van der Waals surface area contributed by atoms with Crippen LogP contribution in [-0.4, -0.2) is 20.3 Å². The smallest absolute Gasteiger partial charge is 0.214 e. The van der Waals surface area contributed by atoms with Gasteiger partial charge in [-0.1, -0.05) is 5.16 Å². The van der Waals surface area contributed by atoms with Gasteiger partial charge in [0, 0.05) is 5.56 Å². The molecular formula is C9H8N4O. The molecule has 1 fully saturated rings. The average Bonchev–Trinajstić information content (AvgIpc) is 2.94. The van der Waals surface area contributed by atoms with Gasteiger partial charge < -0.3 is 4.52 Å². The van der Waals surface area contributed by atoms with E-state index in [9.17, 15) is 0 Å². The second-order valence-electron chi connectivity index (χ2n) is 3.39. The highest BCUT2D eigenvalue weighted by molar-refractivity contribution is 5.59. The van der Waals surface area contributed by atoms with Crippen molar-refractivity contribution in [2.24, 2.45) is 0 Å². The van der Waals surface area contributed by atoms with Crippen LogP contribution in [0.4, 0.5) is 0 Å². The van der Waals surface area contributed by atoms with E-state index in [2.05, 4.69) is 20.3 Å². The maximum atomic E-state index is 4.71. The van der Waals surface area contributed by atoms with Crippen molar-refractivity contribution in [3.63, 3.8) is 0 Å². The van der Waals surface area contributed by atoms with E-state index in [0.29, 0.717) is 11.7 Å². The number of rotatable bonds is 2. The minimum atomic E-state index is 0.599. The van der Waals surface area contributed by atoms with Gasteiger partial charge in [-0.3, -0.25) is 0 Å². The van der Waals surface area contributed by atoms with Crippen molar-refractivity contribution >= 4 is 0 Å². The molecule has 2 aromatic rings. The van der Waals surface area contributed by atoms with Gasteiger partial charge in [0.1, 0.15) is 0 Å². The molecule has 3 rings (SSSR count). The average molecular weight is 188 g/mol. The largest absolute Gasteiger partial charge is 0.342 e. The summed E-state index contributed by atoms with van der Waals surface area (Å²) >= 11 is 0. The standard InChI is InChI=1S/C9H8N4O/c1-2-6(1)7-3-11-12-4-8(7)9-10-5-14-13-9/h3-6H,1-2H2. The molecule has 70 valence electrons. The molecule has 0 atom stereocenters. The van der Waals surface area contributed by atoms with Gasteiger partial charge in [-0.25, -0.2) is 0 Å². The van der Waals surface area contributed by atoms with E-state index < -0.39 is 0 Å². The Labute approximate surface area is 80.2 Å². The van der Waals surface area contributed by atoms with E-state index >= 15 is 0 Å². The molecule has 0 amide bonds. The van der Waals surface area contributed by atoms with Crippen LogP contribution in [0.1, 0.15) is 24.3 Å².